The van der Waals surface area contributed by atoms with Gasteiger partial charge in [0.05, 0.1) is 5.56 Å². The van der Waals surface area contributed by atoms with E-state index >= 15 is 0 Å². The Morgan fingerprint density at radius 2 is 2.06 bits per heavy atom. The van der Waals surface area contributed by atoms with Crippen LogP contribution in [0.5, 0.6) is 5.75 Å². The molecule has 88 valence electrons. The van der Waals surface area contributed by atoms with Crippen molar-refractivity contribution in [1.29, 1.82) is 0 Å². The zero-order chi connectivity index (χ0) is 12.3. The van der Waals surface area contributed by atoms with E-state index in [1.54, 1.807) is 12.1 Å². The molecule has 0 spiro atoms. The number of nitrogens with two attached hydrogens (primary N) is 2. The fraction of sp³-hybridized carbons (Fsp3) is 0.417. The topological polar surface area (TPSA) is 78.3 Å². The summed E-state index contributed by atoms with van der Waals surface area (Å²) < 4.78 is 5.74. The van der Waals surface area contributed by atoms with Crippen LogP contribution in [0.3, 0.4) is 0 Å². The van der Waals surface area contributed by atoms with Gasteiger partial charge in [0.1, 0.15) is 11.4 Å². The number of hydrogen-bond acceptors (Lipinski definition) is 3. The molecule has 0 bridgehead atoms. The van der Waals surface area contributed by atoms with Crippen LogP contribution in [-0.2, 0) is 0 Å². The van der Waals surface area contributed by atoms with Crippen LogP contribution in [0, 0.1) is 0 Å². The standard InChI is InChI=1S/C12H18N2O2/c1-4-12(2,3)16-10-6-5-8(13)7-9(10)11(14)15/h5-7H,4,13H2,1-3H3,(H2,14,15). The smallest absolute Gasteiger partial charge is 0.252 e. The second-order valence-electron chi connectivity index (χ2n) is 4.34. The molecule has 0 saturated carbocycles. The molecule has 0 aromatic heterocycles. The van der Waals surface area contributed by atoms with Gasteiger partial charge in [-0.2, -0.15) is 0 Å². The summed E-state index contributed by atoms with van der Waals surface area (Å²) in [6.07, 6.45) is 0.829. The van der Waals surface area contributed by atoms with E-state index in [0.717, 1.165) is 6.42 Å². The number of benzene rings is 1. The molecule has 0 fully saturated rings. The summed E-state index contributed by atoms with van der Waals surface area (Å²) in [4.78, 5) is 11.2. The SMILES string of the molecule is CCC(C)(C)Oc1ccc(N)cc1C(N)=O. The summed E-state index contributed by atoms with van der Waals surface area (Å²) in [5.41, 5.74) is 11.4. The minimum absolute atomic E-state index is 0.321. The fourth-order valence-corrected chi connectivity index (χ4v) is 1.20. The Hall–Kier alpha value is -1.71. The van der Waals surface area contributed by atoms with Crippen LogP contribution in [0.15, 0.2) is 18.2 Å². The van der Waals surface area contributed by atoms with Gasteiger partial charge >= 0.3 is 0 Å². The second kappa shape index (κ2) is 4.43. The third-order valence-corrected chi connectivity index (χ3v) is 2.51. The Bertz CT molecular complexity index is 400. The number of carbonyl (C=O) groups excluding carboxylic acids is 1. The monoisotopic (exact) mass is 222 g/mol. The lowest BCUT2D eigenvalue weighted by atomic mass is 10.1. The normalized spacial score (nSPS) is 11.2. The maximum Gasteiger partial charge on any atom is 0.252 e. The molecule has 0 atom stereocenters. The average molecular weight is 222 g/mol. The van der Waals surface area contributed by atoms with Crippen LogP contribution >= 0.6 is 0 Å². The van der Waals surface area contributed by atoms with E-state index in [4.69, 9.17) is 16.2 Å². The number of nitrogen functional groups attached to an aromatic ring is 1. The molecule has 4 nitrogen and oxygen atoms in total. The number of carbonyl (C=O) groups is 1. The van der Waals surface area contributed by atoms with Crippen molar-refractivity contribution in [3.63, 3.8) is 0 Å². The van der Waals surface area contributed by atoms with Crippen LogP contribution in [0.4, 0.5) is 5.69 Å². The third-order valence-electron chi connectivity index (χ3n) is 2.51. The lowest BCUT2D eigenvalue weighted by molar-refractivity contribution is 0.0938. The van der Waals surface area contributed by atoms with Gasteiger partial charge in [0.2, 0.25) is 0 Å². The highest BCUT2D eigenvalue weighted by atomic mass is 16.5. The molecule has 16 heavy (non-hydrogen) atoms. The summed E-state index contributed by atoms with van der Waals surface area (Å²) in [5, 5.41) is 0. The summed E-state index contributed by atoms with van der Waals surface area (Å²) in [5.74, 6) is -0.0530. The van der Waals surface area contributed by atoms with Gasteiger partial charge in [0.25, 0.3) is 5.91 Å². The molecule has 0 aliphatic heterocycles. The molecule has 4 heteroatoms. The Morgan fingerprint density at radius 1 is 1.44 bits per heavy atom. The number of hydrogen-bond donors (Lipinski definition) is 2. The second-order valence-corrected chi connectivity index (χ2v) is 4.34. The number of amides is 1. The molecule has 1 amide bonds. The highest BCUT2D eigenvalue weighted by molar-refractivity contribution is 5.96. The first-order valence-electron chi connectivity index (χ1n) is 5.24. The van der Waals surface area contributed by atoms with Gasteiger partial charge in [0, 0.05) is 5.69 Å². The van der Waals surface area contributed by atoms with Crippen LogP contribution in [0.25, 0.3) is 0 Å². The van der Waals surface area contributed by atoms with Crippen molar-refractivity contribution < 1.29 is 9.53 Å². The average Bonchev–Trinajstić information content (AvgIpc) is 2.20. The maximum absolute atomic E-state index is 11.2. The van der Waals surface area contributed by atoms with Crippen molar-refractivity contribution in [3.8, 4) is 5.75 Å². The van der Waals surface area contributed by atoms with E-state index < -0.39 is 5.91 Å². The first-order chi connectivity index (χ1) is 7.35. The lowest BCUT2D eigenvalue weighted by Gasteiger charge is -2.26. The van der Waals surface area contributed by atoms with Gasteiger partial charge in [0.15, 0.2) is 0 Å². The van der Waals surface area contributed by atoms with Crippen LogP contribution in [-0.4, -0.2) is 11.5 Å². The maximum atomic E-state index is 11.2. The number of anilines is 1. The highest BCUT2D eigenvalue weighted by Crippen LogP contribution is 2.26. The number of rotatable bonds is 4. The Morgan fingerprint density at radius 3 is 2.56 bits per heavy atom. The zero-order valence-electron chi connectivity index (χ0n) is 9.91. The molecule has 0 heterocycles. The van der Waals surface area contributed by atoms with Crippen molar-refractivity contribution in [2.24, 2.45) is 5.73 Å². The minimum Gasteiger partial charge on any atom is -0.487 e. The van der Waals surface area contributed by atoms with Crippen LogP contribution < -0.4 is 16.2 Å². The van der Waals surface area contributed by atoms with Crippen molar-refractivity contribution in [2.45, 2.75) is 32.8 Å². The Labute approximate surface area is 95.6 Å². The van der Waals surface area contributed by atoms with Gasteiger partial charge < -0.3 is 16.2 Å². The van der Waals surface area contributed by atoms with E-state index in [1.165, 1.54) is 6.07 Å². The molecule has 0 radical (unpaired) electrons. The molecule has 0 saturated heterocycles. The first kappa shape index (κ1) is 12.4. The van der Waals surface area contributed by atoms with Crippen molar-refractivity contribution >= 4 is 11.6 Å². The molecular formula is C12H18N2O2. The predicted octanol–water partition coefficient (Wildman–Crippen LogP) is 1.94. The van der Waals surface area contributed by atoms with Gasteiger partial charge in [-0.25, -0.2) is 0 Å². The molecule has 0 aliphatic rings. The predicted molar refractivity (Wildman–Crippen MR) is 64.4 cm³/mol. The first-order valence-corrected chi connectivity index (χ1v) is 5.24. The molecule has 4 N–H and O–H groups in total. The van der Waals surface area contributed by atoms with E-state index in [2.05, 4.69) is 0 Å². The Kier molecular flexibility index (Phi) is 3.42. The van der Waals surface area contributed by atoms with E-state index in [1.807, 2.05) is 20.8 Å². The lowest BCUT2D eigenvalue weighted by Crippen LogP contribution is -2.28. The van der Waals surface area contributed by atoms with Gasteiger partial charge in [-0.3, -0.25) is 4.79 Å². The molecule has 1 rings (SSSR count). The van der Waals surface area contributed by atoms with Gasteiger partial charge in [-0.15, -0.1) is 0 Å². The van der Waals surface area contributed by atoms with Crippen LogP contribution in [0.1, 0.15) is 37.6 Å². The van der Waals surface area contributed by atoms with E-state index in [9.17, 15) is 4.79 Å². The molecule has 1 aromatic carbocycles. The summed E-state index contributed by atoms with van der Waals surface area (Å²) in [6, 6.07) is 4.89. The third kappa shape index (κ3) is 2.89. The van der Waals surface area contributed by atoms with Crippen molar-refractivity contribution in [2.75, 3.05) is 5.73 Å². The largest absolute Gasteiger partial charge is 0.487 e. The van der Waals surface area contributed by atoms with E-state index in [0.29, 0.717) is 17.0 Å². The molecule has 0 aliphatic carbocycles. The summed E-state index contributed by atoms with van der Waals surface area (Å²) >= 11 is 0. The van der Waals surface area contributed by atoms with Gasteiger partial charge in [-0.05, 0) is 38.5 Å². The van der Waals surface area contributed by atoms with Crippen molar-refractivity contribution in [3.05, 3.63) is 23.8 Å². The summed E-state index contributed by atoms with van der Waals surface area (Å²) in [7, 11) is 0. The van der Waals surface area contributed by atoms with Crippen LogP contribution in [0.2, 0.25) is 0 Å². The van der Waals surface area contributed by atoms with Crippen molar-refractivity contribution in [1.82, 2.24) is 0 Å². The summed E-state index contributed by atoms with van der Waals surface area (Å²) in [6.45, 7) is 5.92. The molecular weight excluding hydrogens is 204 g/mol. The Balaban J connectivity index is 3.09. The highest BCUT2D eigenvalue weighted by Gasteiger charge is 2.20. The quantitative estimate of drug-likeness (QED) is 0.764. The number of primary amides is 1. The molecule has 1 aromatic rings. The van der Waals surface area contributed by atoms with Gasteiger partial charge in [-0.1, -0.05) is 6.92 Å². The fourth-order valence-electron chi connectivity index (χ4n) is 1.20. The zero-order valence-corrected chi connectivity index (χ0v) is 9.91. The molecule has 0 unspecified atom stereocenters. The van der Waals surface area contributed by atoms with E-state index in [-0.39, 0.29) is 5.60 Å². The number of ether oxygens (including phenoxy) is 1. The minimum atomic E-state index is -0.533.